The Balaban J connectivity index is 2.06. The lowest BCUT2D eigenvalue weighted by molar-refractivity contribution is -0.122. The maximum atomic E-state index is 12.3. The summed E-state index contributed by atoms with van der Waals surface area (Å²) in [6.07, 6.45) is -0.628. The second kappa shape index (κ2) is 6.98. The quantitative estimate of drug-likeness (QED) is 0.915. The van der Waals surface area contributed by atoms with Crippen LogP contribution >= 0.6 is 0 Å². The summed E-state index contributed by atoms with van der Waals surface area (Å²) < 4.78 is 10.9. The summed E-state index contributed by atoms with van der Waals surface area (Å²) in [5.41, 5.74) is 2.99. The molecule has 1 atom stereocenters. The number of hydrogen-bond donors (Lipinski definition) is 1. The Labute approximate surface area is 131 Å². The van der Waals surface area contributed by atoms with E-state index in [4.69, 9.17) is 9.47 Å². The van der Waals surface area contributed by atoms with Gasteiger partial charge in [0.2, 0.25) is 0 Å². The zero-order chi connectivity index (χ0) is 16.1. The van der Waals surface area contributed by atoms with Crippen molar-refractivity contribution in [1.29, 1.82) is 0 Å². The molecule has 0 aromatic heterocycles. The number of methoxy groups -OCH3 is 1. The molecule has 0 radical (unpaired) electrons. The highest BCUT2D eigenvalue weighted by atomic mass is 16.5. The van der Waals surface area contributed by atoms with Crippen molar-refractivity contribution >= 4 is 11.6 Å². The molecule has 22 heavy (non-hydrogen) atoms. The van der Waals surface area contributed by atoms with Gasteiger partial charge in [0.15, 0.2) is 17.6 Å². The van der Waals surface area contributed by atoms with E-state index in [0.717, 1.165) is 16.8 Å². The number of anilines is 1. The molecule has 0 heterocycles. The molecule has 0 spiro atoms. The number of carbonyl (C=O) groups is 1. The normalized spacial score (nSPS) is 11.6. The van der Waals surface area contributed by atoms with Crippen LogP contribution in [-0.2, 0) is 4.79 Å². The number of amides is 1. The second-order valence-electron chi connectivity index (χ2n) is 5.28. The number of para-hydroxylation sites is 2. The fourth-order valence-electron chi connectivity index (χ4n) is 2.25. The largest absolute Gasteiger partial charge is 0.493 e. The summed E-state index contributed by atoms with van der Waals surface area (Å²) in [7, 11) is 1.57. The Kier molecular flexibility index (Phi) is 5.04. The number of ether oxygens (including phenoxy) is 2. The van der Waals surface area contributed by atoms with Crippen LogP contribution < -0.4 is 14.8 Å². The van der Waals surface area contributed by atoms with Crippen molar-refractivity contribution < 1.29 is 14.3 Å². The van der Waals surface area contributed by atoms with Crippen LogP contribution in [0.25, 0.3) is 0 Å². The van der Waals surface area contributed by atoms with Crippen molar-refractivity contribution in [2.75, 3.05) is 12.4 Å². The van der Waals surface area contributed by atoms with E-state index in [-0.39, 0.29) is 5.91 Å². The van der Waals surface area contributed by atoms with E-state index in [1.807, 2.05) is 38.1 Å². The molecule has 1 N–H and O–H groups in total. The monoisotopic (exact) mass is 299 g/mol. The highest BCUT2D eigenvalue weighted by molar-refractivity contribution is 5.94. The van der Waals surface area contributed by atoms with E-state index >= 15 is 0 Å². The summed E-state index contributed by atoms with van der Waals surface area (Å²) >= 11 is 0. The number of carbonyl (C=O) groups excluding carboxylic acids is 1. The summed E-state index contributed by atoms with van der Waals surface area (Å²) in [5, 5.41) is 2.88. The highest BCUT2D eigenvalue weighted by Gasteiger charge is 2.17. The van der Waals surface area contributed by atoms with Gasteiger partial charge in [0.1, 0.15) is 0 Å². The van der Waals surface area contributed by atoms with Crippen molar-refractivity contribution in [2.45, 2.75) is 26.9 Å². The van der Waals surface area contributed by atoms with Crippen LogP contribution in [0.4, 0.5) is 5.69 Å². The van der Waals surface area contributed by atoms with Crippen LogP contribution in [0, 0.1) is 13.8 Å². The molecule has 2 aromatic carbocycles. The number of nitrogens with one attached hydrogen (secondary N) is 1. The van der Waals surface area contributed by atoms with E-state index in [9.17, 15) is 4.79 Å². The maximum Gasteiger partial charge on any atom is 0.265 e. The van der Waals surface area contributed by atoms with Gasteiger partial charge < -0.3 is 14.8 Å². The minimum atomic E-state index is -0.628. The summed E-state index contributed by atoms with van der Waals surface area (Å²) in [4.78, 5) is 12.3. The number of rotatable bonds is 5. The van der Waals surface area contributed by atoms with Crippen molar-refractivity contribution in [3.05, 3.63) is 53.6 Å². The lowest BCUT2D eigenvalue weighted by Crippen LogP contribution is -2.30. The molecule has 1 amide bonds. The average Bonchev–Trinajstić information content (AvgIpc) is 2.46. The van der Waals surface area contributed by atoms with Crippen LogP contribution in [0.5, 0.6) is 11.5 Å². The molecule has 0 saturated carbocycles. The molecule has 0 bridgehead atoms. The van der Waals surface area contributed by atoms with Gasteiger partial charge >= 0.3 is 0 Å². The van der Waals surface area contributed by atoms with Crippen LogP contribution in [0.1, 0.15) is 18.1 Å². The Morgan fingerprint density at radius 3 is 2.23 bits per heavy atom. The van der Waals surface area contributed by atoms with Gasteiger partial charge in [-0.15, -0.1) is 0 Å². The molecule has 4 nitrogen and oxygen atoms in total. The zero-order valence-corrected chi connectivity index (χ0v) is 13.3. The van der Waals surface area contributed by atoms with Crippen molar-refractivity contribution in [1.82, 2.24) is 0 Å². The second-order valence-corrected chi connectivity index (χ2v) is 5.28. The lowest BCUT2D eigenvalue weighted by atomic mass is 10.1. The van der Waals surface area contributed by atoms with Gasteiger partial charge in [-0.05, 0) is 56.2 Å². The Hall–Kier alpha value is -2.49. The molecule has 4 heteroatoms. The standard InChI is InChI=1S/C18H21NO3/c1-12-9-13(2)11-15(10-12)19-18(20)14(3)22-17-8-6-5-7-16(17)21-4/h5-11,14H,1-4H3,(H,19,20)/t14-/m0/s1. The van der Waals surface area contributed by atoms with E-state index in [1.165, 1.54) is 0 Å². The van der Waals surface area contributed by atoms with Crippen LogP contribution in [0.15, 0.2) is 42.5 Å². The molecule has 0 unspecified atom stereocenters. The van der Waals surface area contributed by atoms with E-state index in [1.54, 1.807) is 26.2 Å². The average molecular weight is 299 g/mol. The fraction of sp³-hybridized carbons (Fsp3) is 0.278. The SMILES string of the molecule is COc1ccccc1O[C@@H](C)C(=O)Nc1cc(C)cc(C)c1. The van der Waals surface area contributed by atoms with Crippen LogP contribution in [0.2, 0.25) is 0 Å². The molecule has 0 aliphatic rings. The Bertz CT molecular complexity index is 647. The fourth-order valence-corrected chi connectivity index (χ4v) is 2.25. The Morgan fingerprint density at radius 1 is 1.05 bits per heavy atom. The first-order valence-electron chi connectivity index (χ1n) is 7.18. The molecule has 2 aromatic rings. The topological polar surface area (TPSA) is 47.6 Å². The summed E-state index contributed by atoms with van der Waals surface area (Å²) in [5.74, 6) is 0.956. The predicted molar refractivity (Wildman–Crippen MR) is 87.6 cm³/mol. The predicted octanol–water partition coefficient (Wildman–Crippen LogP) is 3.72. The first-order valence-corrected chi connectivity index (χ1v) is 7.18. The third-order valence-electron chi connectivity index (χ3n) is 3.23. The smallest absolute Gasteiger partial charge is 0.265 e. The van der Waals surface area contributed by atoms with Crippen molar-refractivity contribution in [3.8, 4) is 11.5 Å². The highest BCUT2D eigenvalue weighted by Crippen LogP contribution is 2.27. The molecular weight excluding hydrogens is 278 g/mol. The molecule has 0 saturated heterocycles. The first-order chi connectivity index (χ1) is 10.5. The maximum absolute atomic E-state index is 12.3. The van der Waals surface area contributed by atoms with Crippen LogP contribution in [0.3, 0.4) is 0 Å². The molecule has 0 fully saturated rings. The van der Waals surface area contributed by atoms with Gasteiger partial charge in [-0.2, -0.15) is 0 Å². The zero-order valence-electron chi connectivity index (χ0n) is 13.3. The third-order valence-corrected chi connectivity index (χ3v) is 3.23. The lowest BCUT2D eigenvalue weighted by Gasteiger charge is -2.17. The Morgan fingerprint density at radius 2 is 1.64 bits per heavy atom. The van der Waals surface area contributed by atoms with Gasteiger partial charge in [-0.3, -0.25) is 4.79 Å². The molecule has 0 aliphatic heterocycles. The summed E-state index contributed by atoms with van der Waals surface area (Å²) in [6.45, 7) is 5.71. The van der Waals surface area contributed by atoms with Gasteiger partial charge in [0.25, 0.3) is 5.91 Å². The van der Waals surface area contributed by atoms with Crippen LogP contribution in [-0.4, -0.2) is 19.1 Å². The van der Waals surface area contributed by atoms with Gasteiger partial charge in [-0.1, -0.05) is 18.2 Å². The minimum Gasteiger partial charge on any atom is -0.493 e. The minimum absolute atomic E-state index is 0.198. The molecule has 116 valence electrons. The van der Waals surface area contributed by atoms with E-state index in [2.05, 4.69) is 11.4 Å². The molecule has 0 aliphatic carbocycles. The van der Waals surface area contributed by atoms with Gasteiger partial charge in [0.05, 0.1) is 7.11 Å². The number of hydrogen-bond acceptors (Lipinski definition) is 3. The molecule has 2 rings (SSSR count). The van der Waals surface area contributed by atoms with Crippen molar-refractivity contribution in [3.63, 3.8) is 0 Å². The first kappa shape index (κ1) is 15.9. The molecular formula is C18H21NO3. The van der Waals surface area contributed by atoms with E-state index in [0.29, 0.717) is 11.5 Å². The van der Waals surface area contributed by atoms with Crippen molar-refractivity contribution in [2.24, 2.45) is 0 Å². The summed E-state index contributed by atoms with van der Waals surface area (Å²) in [6, 6.07) is 13.2. The number of aryl methyl sites for hydroxylation is 2. The van der Waals surface area contributed by atoms with E-state index < -0.39 is 6.10 Å². The van der Waals surface area contributed by atoms with Gasteiger partial charge in [0, 0.05) is 5.69 Å². The third kappa shape index (κ3) is 4.01. The van der Waals surface area contributed by atoms with Gasteiger partial charge in [-0.25, -0.2) is 0 Å². The number of benzene rings is 2.